The van der Waals surface area contributed by atoms with Crippen molar-refractivity contribution in [1.29, 1.82) is 0 Å². The first kappa shape index (κ1) is 17.4. The Morgan fingerprint density at radius 2 is 1.82 bits per heavy atom. The van der Waals surface area contributed by atoms with Crippen LogP contribution in [0.2, 0.25) is 0 Å². The van der Waals surface area contributed by atoms with Gasteiger partial charge in [0, 0.05) is 13.3 Å². The third-order valence-electron chi connectivity index (χ3n) is 3.03. The van der Waals surface area contributed by atoms with Crippen molar-refractivity contribution in [3.05, 3.63) is 47.7 Å². The van der Waals surface area contributed by atoms with Crippen molar-refractivity contribution in [3.63, 3.8) is 0 Å². The number of aliphatic imine (C=N–C) groups is 1. The lowest BCUT2D eigenvalue weighted by atomic mass is 10.2. The number of ether oxygens (including phenoxy) is 2. The van der Waals surface area contributed by atoms with Gasteiger partial charge in [-0.1, -0.05) is 30.3 Å². The number of methoxy groups -OCH3 is 2. The molecule has 0 aliphatic rings. The van der Waals surface area contributed by atoms with Gasteiger partial charge in [0.2, 0.25) is 0 Å². The lowest BCUT2D eigenvalue weighted by molar-refractivity contribution is -0.140. The number of benzene rings is 1. The van der Waals surface area contributed by atoms with Gasteiger partial charge in [-0.2, -0.15) is 0 Å². The second kappa shape index (κ2) is 8.61. The highest BCUT2D eigenvalue weighted by Crippen LogP contribution is 2.10. The molecule has 1 rings (SSSR count). The third kappa shape index (κ3) is 5.05. The zero-order chi connectivity index (χ0) is 16.5. The van der Waals surface area contributed by atoms with Crippen LogP contribution in [0.5, 0.6) is 0 Å². The number of hydrogen-bond acceptors (Lipinski definition) is 6. The van der Waals surface area contributed by atoms with Crippen LogP contribution in [0.15, 0.2) is 47.1 Å². The first-order chi connectivity index (χ1) is 10.5. The lowest BCUT2D eigenvalue weighted by Crippen LogP contribution is -2.32. The van der Waals surface area contributed by atoms with Crippen LogP contribution < -0.4 is 0 Å². The van der Waals surface area contributed by atoms with Crippen molar-refractivity contribution in [2.45, 2.75) is 13.1 Å². The highest BCUT2D eigenvalue weighted by molar-refractivity contribution is 5.95. The fraction of sp³-hybridized carbons (Fsp3) is 0.312. The Kier molecular flexibility index (Phi) is 6.82. The zero-order valence-corrected chi connectivity index (χ0v) is 13.1. The van der Waals surface area contributed by atoms with Crippen molar-refractivity contribution in [3.8, 4) is 0 Å². The number of carbonyl (C=O) groups is 2. The van der Waals surface area contributed by atoms with Gasteiger partial charge in [0.15, 0.2) is 0 Å². The molecule has 1 aromatic rings. The van der Waals surface area contributed by atoms with Crippen LogP contribution in [-0.4, -0.2) is 50.5 Å². The van der Waals surface area contributed by atoms with Crippen molar-refractivity contribution in [1.82, 2.24) is 4.90 Å². The summed E-state index contributed by atoms with van der Waals surface area (Å²) in [5.41, 5.74) is 1.02. The van der Waals surface area contributed by atoms with E-state index >= 15 is 0 Å². The van der Waals surface area contributed by atoms with Gasteiger partial charge < -0.3 is 14.4 Å². The number of hydrogen-bond donors (Lipinski definition) is 0. The van der Waals surface area contributed by atoms with Crippen LogP contribution in [-0.2, 0) is 19.1 Å². The minimum atomic E-state index is -0.633. The van der Waals surface area contributed by atoms with Gasteiger partial charge in [-0.15, -0.1) is 0 Å². The molecule has 1 aromatic carbocycles. The smallest absolute Gasteiger partial charge is 0.354 e. The number of nitrogens with zero attached hydrogens (tertiary/aromatic N) is 2. The molecule has 6 nitrogen and oxygen atoms in total. The maximum Gasteiger partial charge on any atom is 0.354 e. The zero-order valence-electron chi connectivity index (χ0n) is 13.1. The van der Waals surface area contributed by atoms with Crippen LogP contribution >= 0.6 is 0 Å². The maximum absolute atomic E-state index is 11.8. The Morgan fingerprint density at radius 1 is 1.18 bits per heavy atom. The molecular formula is C16H20N2O4. The van der Waals surface area contributed by atoms with Gasteiger partial charge in [-0.05, 0) is 12.5 Å². The summed E-state index contributed by atoms with van der Waals surface area (Å²) >= 11 is 0. The van der Waals surface area contributed by atoms with Crippen LogP contribution in [0.4, 0.5) is 0 Å². The molecule has 0 fully saturated rings. The molecule has 1 unspecified atom stereocenters. The van der Waals surface area contributed by atoms with E-state index in [2.05, 4.69) is 14.5 Å². The number of rotatable bonds is 6. The van der Waals surface area contributed by atoms with E-state index in [1.165, 1.54) is 14.2 Å². The largest absolute Gasteiger partial charge is 0.466 e. The number of carbonyl (C=O) groups excluding carboxylic acids is 2. The van der Waals surface area contributed by atoms with E-state index in [1.54, 1.807) is 25.1 Å². The molecule has 0 aromatic heterocycles. The molecule has 1 atom stereocenters. The minimum Gasteiger partial charge on any atom is -0.466 e. The normalized spacial score (nSPS) is 12.8. The van der Waals surface area contributed by atoms with E-state index in [0.29, 0.717) is 0 Å². The van der Waals surface area contributed by atoms with Crippen molar-refractivity contribution in [2.24, 2.45) is 4.99 Å². The summed E-state index contributed by atoms with van der Waals surface area (Å²) in [5, 5.41) is 0. The number of likely N-dealkylation sites (N-methyl/N-ethyl adjacent to an activating group) is 1. The van der Waals surface area contributed by atoms with Crippen LogP contribution in [0.25, 0.3) is 0 Å². The van der Waals surface area contributed by atoms with Gasteiger partial charge in [-0.25, -0.2) is 9.59 Å². The second-order valence-electron chi connectivity index (χ2n) is 4.48. The predicted octanol–water partition coefficient (Wildman–Crippen LogP) is 1.61. The van der Waals surface area contributed by atoms with Gasteiger partial charge in [0.25, 0.3) is 0 Å². The highest BCUT2D eigenvalue weighted by Gasteiger charge is 2.20. The Labute approximate surface area is 130 Å². The molecule has 0 saturated carbocycles. The molecule has 0 bridgehead atoms. The van der Waals surface area contributed by atoms with Crippen molar-refractivity contribution < 1.29 is 19.1 Å². The monoisotopic (exact) mass is 304 g/mol. The molecule has 6 heteroatoms. The van der Waals surface area contributed by atoms with Crippen molar-refractivity contribution >= 4 is 18.2 Å². The fourth-order valence-corrected chi connectivity index (χ4v) is 1.61. The SMILES string of the molecule is COC(=O)/C=C(\C(=O)OC)N(C)C(C)/N=C\c1ccccc1. The Balaban J connectivity index is 2.91. The van der Waals surface area contributed by atoms with E-state index < -0.39 is 11.9 Å². The first-order valence-electron chi connectivity index (χ1n) is 6.68. The average molecular weight is 304 g/mol. The van der Waals surface area contributed by atoms with E-state index in [9.17, 15) is 9.59 Å². The summed E-state index contributed by atoms with van der Waals surface area (Å²) in [6.07, 6.45) is 2.42. The quantitative estimate of drug-likeness (QED) is 0.454. The van der Waals surface area contributed by atoms with Crippen LogP contribution in [0.3, 0.4) is 0 Å². The summed E-state index contributed by atoms with van der Waals surface area (Å²) in [4.78, 5) is 29.1. The molecule has 118 valence electrons. The topological polar surface area (TPSA) is 68.2 Å². The van der Waals surface area contributed by atoms with E-state index in [1.807, 2.05) is 30.3 Å². The van der Waals surface area contributed by atoms with Gasteiger partial charge in [0.05, 0.1) is 20.3 Å². The molecule has 0 aliphatic carbocycles. The molecule has 0 saturated heterocycles. The minimum absolute atomic E-state index is 0.0760. The molecule has 0 N–H and O–H groups in total. The van der Waals surface area contributed by atoms with Gasteiger partial charge in [-0.3, -0.25) is 4.99 Å². The maximum atomic E-state index is 11.8. The molecule has 0 aliphatic heterocycles. The van der Waals surface area contributed by atoms with E-state index in [4.69, 9.17) is 0 Å². The third-order valence-corrected chi connectivity index (χ3v) is 3.03. The molecular weight excluding hydrogens is 284 g/mol. The summed E-state index contributed by atoms with van der Waals surface area (Å²) in [5.74, 6) is -1.26. The Bertz CT molecular complexity index is 567. The predicted molar refractivity (Wildman–Crippen MR) is 83.4 cm³/mol. The van der Waals surface area contributed by atoms with Crippen molar-refractivity contribution in [2.75, 3.05) is 21.3 Å². The summed E-state index contributed by atoms with van der Waals surface area (Å²) < 4.78 is 9.23. The molecule has 0 amide bonds. The Morgan fingerprint density at radius 3 is 2.36 bits per heavy atom. The summed E-state index contributed by atoms with van der Waals surface area (Å²) in [6, 6.07) is 9.57. The molecule has 0 heterocycles. The highest BCUT2D eigenvalue weighted by atomic mass is 16.5. The Hall–Kier alpha value is -2.63. The fourth-order valence-electron chi connectivity index (χ4n) is 1.61. The molecule has 22 heavy (non-hydrogen) atoms. The first-order valence-corrected chi connectivity index (χ1v) is 6.68. The summed E-state index contributed by atoms with van der Waals surface area (Å²) in [6.45, 7) is 1.80. The standard InChI is InChI=1S/C16H20N2O4/c1-12(17-11-13-8-6-5-7-9-13)18(2)14(16(20)22-4)10-15(19)21-3/h5-12H,1-4H3/b14-10+,17-11-. The van der Waals surface area contributed by atoms with Crippen LogP contribution in [0.1, 0.15) is 12.5 Å². The number of esters is 2. The van der Waals surface area contributed by atoms with Crippen LogP contribution in [0, 0.1) is 0 Å². The van der Waals surface area contributed by atoms with E-state index in [-0.39, 0.29) is 11.9 Å². The van der Waals surface area contributed by atoms with Gasteiger partial charge >= 0.3 is 11.9 Å². The summed E-state index contributed by atoms with van der Waals surface area (Å²) in [7, 11) is 4.14. The second-order valence-corrected chi connectivity index (χ2v) is 4.48. The lowest BCUT2D eigenvalue weighted by Gasteiger charge is -2.24. The molecule has 0 radical (unpaired) electrons. The van der Waals surface area contributed by atoms with E-state index in [0.717, 1.165) is 11.6 Å². The van der Waals surface area contributed by atoms with Gasteiger partial charge in [0.1, 0.15) is 11.9 Å². The average Bonchev–Trinajstić information content (AvgIpc) is 2.56. The molecule has 0 spiro atoms.